The topological polar surface area (TPSA) is 46.3 Å². The van der Waals surface area contributed by atoms with Crippen molar-refractivity contribution in [2.75, 3.05) is 22.9 Å². The highest BCUT2D eigenvalue weighted by molar-refractivity contribution is 7.99. The third-order valence-electron chi connectivity index (χ3n) is 3.51. The van der Waals surface area contributed by atoms with E-state index in [0.29, 0.717) is 22.8 Å². The van der Waals surface area contributed by atoms with Gasteiger partial charge in [0, 0.05) is 33.5 Å². The molecule has 2 N–H and O–H groups in total. The van der Waals surface area contributed by atoms with Crippen molar-refractivity contribution in [3.8, 4) is 0 Å². The summed E-state index contributed by atoms with van der Waals surface area (Å²) >= 11 is 7.87. The summed E-state index contributed by atoms with van der Waals surface area (Å²) in [5.41, 5.74) is 8.97. The number of carbonyl (C=O) groups is 1. The third-order valence-corrected chi connectivity index (χ3v) is 4.96. The Hall–Kier alpha value is -1.65. The maximum atomic E-state index is 12.8. The first-order valence-electron chi connectivity index (χ1n) is 6.66. The number of carbonyl (C=O) groups excluding carboxylic acids is 1. The van der Waals surface area contributed by atoms with Crippen molar-refractivity contribution in [2.24, 2.45) is 0 Å². The van der Waals surface area contributed by atoms with Crippen molar-refractivity contribution in [3.63, 3.8) is 0 Å². The Morgan fingerprint density at radius 2 is 2.10 bits per heavy atom. The zero-order valence-corrected chi connectivity index (χ0v) is 13.2. The molecule has 0 radical (unpaired) electrons. The normalized spacial score (nSPS) is 13.9. The molecule has 0 saturated heterocycles. The van der Waals surface area contributed by atoms with Crippen molar-refractivity contribution in [1.29, 1.82) is 0 Å². The number of nitrogens with two attached hydrogens (primary N) is 1. The Morgan fingerprint density at radius 1 is 1.29 bits per heavy atom. The van der Waals surface area contributed by atoms with E-state index in [9.17, 15) is 4.79 Å². The molecule has 3 rings (SSSR count). The van der Waals surface area contributed by atoms with E-state index in [2.05, 4.69) is 0 Å². The van der Waals surface area contributed by atoms with Gasteiger partial charge in [0.1, 0.15) is 0 Å². The lowest BCUT2D eigenvalue weighted by molar-refractivity contribution is 0.0987. The number of halogens is 1. The summed E-state index contributed by atoms with van der Waals surface area (Å²) in [6, 6.07) is 11.1. The van der Waals surface area contributed by atoms with E-state index in [1.807, 2.05) is 37.3 Å². The summed E-state index contributed by atoms with van der Waals surface area (Å²) in [5.74, 6) is 0.839. The van der Waals surface area contributed by atoms with E-state index in [1.54, 1.807) is 22.7 Å². The van der Waals surface area contributed by atoms with Gasteiger partial charge in [-0.05, 0) is 42.8 Å². The van der Waals surface area contributed by atoms with Crippen molar-refractivity contribution in [3.05, 3.63) is 52.5 Å². The monoisotopic (exact) mass is 318 g/mol. The van der Waals surface area contributed by atoms with Crippen molar-refractivity contribution in [2.45, 2.75) is 11.8 Å². The first kappa shape index (κ1) is 14.3. The number of nitrogen functional groups attached to an aromatic ring is 1. The van der Waals surface area contributed by atoms with Gasteiger partial charge in [0.2, 0.25) is 0 Å². The van der Waals surface area contributed by atoms with Crippen LogP contribution in [0.3, 0.4) is 0 Å². The molecule has 0 bridgehead atoms. The highest BCUT2D eigenvalue weighted by Gasteiger charge is 2.24. The number of benzene rings is 2. The molecule has 0 atom stereocenters. The number of hydrogen-bond acceptors (Lipinski definition) is 3. The summed E-state index contributed by atoms with van der Waals surface area (Å²) < 4.78 is 0. The van der Waals surface area contributed by atoms with Gasteiger partial charge in [0.15, 0.2) is 0 Å². The molecular weight excluding hydrogens is 304 g/mol. The number of thioether (sulfide) groups is 1. The van der Waals surface area contributed by atoms with Gasteiger partial charge in [-0.3, -0.25) is 4.79 Å². The average Bonchev–Trinajstić information content (AvgIpc) is 2.48. The van der Waals surface area contributed by atoms with Gasteiger partial charge in [-0.25, -0.2) is 0 Å². The molecule has 21 heavy (non-hydrogen) atoms. The fourth-order valence-corrected chi connectivity index (χ4v) is 3.48. The van der Waals surface area contributed by atoms with Crippen LogP contribution in [0.2, 0.25) is 5.02 Å². The lowest BCUT2D eigenvalue weighted by atomic mass is 10.1. The van der Waals surface area contributed by atoms with E-state index in [4.69, 9.17) is 17.3 Å². The van der Waals surface area contributed by atoms with Gasteiger partial charge in [0.05, 0.1) is 5.69 Å². The Labute approximate surface area is 133 Å². The Kier molecular flexibility index (Phi) is 3.83. The molecule has 3 nitrogen and oxygen atoms in total. The highest BCUT2D eigenvalue weighted by atomic mass is 35.5. The van der Waals surface area contributed by atoms with Gasteiger partial charge < -0.3 is 10.6 Å². The molecule has 0 aromatic heterocycles. The standard InChI is InChI=1S/C16H15ClN2OS/c1-10-2-3-11(8-13(10)17)16(20)19-6-7-21-15-5-4-12(18)9-14(15)19/h2-5,8-9H,6-7,18H2,1H3. The SMILES string of the molecule is Cc1ccc(C(=O)N2CCSc3ccc(N)cc32)cc1Cl. The Balaban J connectivity index is 1.99. The first-order chi connectivity index (χ1) is 10.1. The second-order valence-corrected chi connectivity index (χ2v) is 6.54. The molecule has 1 heterocycles. The van der Waals surface area contributed by atoms with Gasteiger partial charge in [-0.1, -0.05) is 17.7 Å². The molecule has 0 spiro atoms. The van der Waals surface area contributed by atoms with Crippen molar-refractivity contribution < 1.29 is 4.79 Å². The molecule has 0 saturated carbocycles. The lowest BCUT2D eigenvalue weighted by Gasteiger charge is -2.29. The molecule has 1 aliphatic heterocycles. The second-order valence-electron chi connectivity index (χ2n) is 5.00. The summed E-state index contributed by atoms with van der Waals surface area (Å²) in [7, 11) is 0. The van der Waals surface area contributed by atoms with E-state index in [-0.39, 0.29) is 5.91 Å². The number of fused-ring (bicyclic) bond motifs is 1. The van der Waals surface area contributed by atoms with Crippen LogP contribution in [0.1, 0.15) is 15.9 Å². The van der Waals surface area contributed by atoms with Crippen LogP contribution in [0.4, 0.5) is 11.4 Å². The van der Waals surface area contributed by atoms with Crippen molar-refractivity contribution in [1.82, 2.24) is 0 Å². The van der Waals surface area contributed by atoms with Gasteiger partial charge in [0.25, 0.3) is 5.91 Å². The number of anilines is 2. The zero-order chi connectivity index (χ0) is 15.0. The molecule has 1 aliphatic rings. The summed E-state index contributed by atoms with van der Waals surface area (Å²) in [5, 5.41) is 0.611. The van der Waals surface area contributed by atoms with E-state index >= 15 is 0 Å². The minimum Gasteiger partial charge on any atom is -0.399 e. The summed E-state index contributed by atoms with van der Waals surface area (Å²) in [4.78, 5) is 15.6. The minimum atomic E-state index is -0.0379. The first-order valence-corrected chi connectivity index (χ1v) is 8.03. The van der Waals surface area contributed by atoms with Crippen LogP contribution in [-0.2, 0) is 0 Å². The molecule has 5 heteroatoms. The van der Waals surface area contributed by atoms with E-state index < -0.39 is 0 Å². The Morgan fingerprint density at radius 3 is 2.86 bits per heavy atom. The molecular formula is C16H15ClN2OS. The second kappa shape index (κ2) is 5.62. The fourth-order valence-electron chi connectivity index (χ4n) is 2.33. The molecule has 0 unspecified atom stereocenters. The lowest BCUT2D eigenvalue weighted by Crippen LogP contribution is -2.35. The predicted molar refractivity (Wildman–Crippen MR) is 89.4 cm³/mol. The van der Waals surface area contributed by atoms with Gasteiger partial charge in [-0.15, -0.1) is 11.8 Å². The number of rotatable bonds is 1. The van der Waals surface area contributed by atoms with E-state index in [1.165, 1.54) is 0 Å². The van der Waals surface area contributed by atoms with Crippen LogP contribution >= 0.6 is 23.4 Å². The number of hydrogen-bond donors (Lipinski definition) is 1. The number of amides is 1. The molecule has 2 aromatic carbocycles. The molecule has 2 aromatic rings. The molecule has 1 amide bonds. The Bertz CT molecular complexity index is 717. The van der Waals surface area contributed by atoms with E-state index in [0.717, 1.165) is 21.9 Å². The summed E-state index contributed by atoms with van der Waals surface area (Å²) in [6.45, 7) is 2.59. The van der Waals surface area contributed by atoms with Crippen molar-refractivity contribution >= 4 is 40.6 Å². The fraction of sp³-hybridized carbons (Fsp3) is 0.188. The summed E-state index contributed by atoms with van der Waals surface area (Å²) in [6.07, 6.45) is 0. The molecule has 0 aliphatic carbocycles. The predicted octanol–water partition coefficient (Wildman–Crippen LogP) is 3.98. The number of nitrogens with zero attached hydrogens (tertiary/aromatic N) is 1. The quantitative estimate of drug-likeness (QED) is 0.809. The maximum absolute atomic E-state index is 12.8. The molecule has 0 fully saturated rings. The van der Waals surface area contributed by atoms with Gasteiger partial charge in [-0.2, -0.15) is 0 Å². The molecule has 108 valence electrons. The number of aryl methyl sites for hydroxylation is 1. The smallest absolute Gasteiger partial charge is 0.258 e. The maximum Gasteiger partial charge on any atom is 0.258 e. The van der Waals surface area contributed by atoms with Crippen LogP contribution in [0, 0.1) is 6.92 Å². The largest absolute Gasteiger partial charge is 0.399 e. The van der Waals surface area contributed by atoms with Crippen LogP contribution in [0.15, 0.2) is 41.3 Å². The highest BCUT2D eigenvalue weighted by Crippen LogP contribution is 2.36. The van der Waals surface area contributed by atoms with Gasteiger partial charge >= 0.3 is 0 Å². The van der Waals surface area contributed by atoms with Crippen LogP contribution in [0.5, 0.6) is 0 Å². The van der Waals surface area contributed by atoms with Crippen LogP contribution in [-0.4, -0.2) is 18.2 Å². The zero-order valence-electron chi connectivity index (χ0n) is 11.6. The minimum absolute atomic E-state index is 0.0379. The average molecular weight is 319 g/mol. The van der Waals surface area contributed by atoms with Crippen LogP contribution in [0.25, 0.3) is 0 Å². The van der Waals surface area contributed by atoms with Crippen LogP contribution < -0.4 is 10.6 Å². The third kappa shape index (κ3) is 2.74.